The zero-order chi connectivity index (χ0) is 69.9. The normalized spacial score (nSPS) is 12.9. The number of ether oxygens (including phenoxy) is 4. The molecule has 0 aromatic heterocycles. The Morgan fingerprint density at radius 1 is 0.235 bits per heavy atom. The molecular weight excluding hydrogens is 1250 g/mol. The third-order valence-corrected chi connectivity index (χ3v) is 20.0. The van der Waals surface area contributed by atoms with E-state index in [0.717, 1.165) is 125 Å². The van der Waals surface area contributed by atoms with Crippen molar-refractivity contribution < 1.29 is 18.9 Å². The van der Waals surface area contributed by atoms with Crippen molar-refractivity contribution in [1.82, 2.24) is 0 Å². The number of hydrogen-bond donors (Lipinski definition) is 0. The highest BCUT2D eigenvalue weighted by molar-refractivity contribution is 5.88. The van der Waals surface area contributed by atoms with Crippen molar-refractivity contribution in [3.8, 4) is 67.5 Å². The van der Waals surface area contributed by atoms with Gasteiger partial charge in [0.05, 0.1) is 28.4 Å². The molecule has 0 N–H and O–H groups in total. The van der Waals surface area contributed by atoms with Gasteiger partial charge in [-0.1, -0.05) is 173 Å². The first-order valence-electron chi connectivity index (χ1n) is 34.6. The van der Waals surface area contributed by atoms with Crippen LogP contribution in [0.15, 0.2) is 334 Å². The summed E-state index contributed by atoms with van der Waals surface area (Å²) in [5, 5.41) is 0. The van der Waals surface area contributed by atoms with Gasteiger partial charge in [0.2, 0.25) is 0 Å². The van der Waals surface area contributed by atoms with E-state index in [-0.39, 0.29) is 10.8 Å². The molecule has 2 aliphatic rings. The maximum Gasteiger partial charge on any atom is 0.119 e. The lowest BCUT2D eigenvalue weighted by molar-refractivity contribution is 0.414. The Labute approximate surface area is 599 Å². The lowest BCUT2D eigenvalue weighted by atomic mass is 9.81. The summed E-state index contributed by atoms with van der Waals surface area (Å²) in [4.78, 5) is 9.24. The van der Waals surface area contributed by atoms with Crippen LogP contribution in [-0.4, -0.2) is 28.4 Å². The molecule has 0 atom stereocenters. The van der Waals surface area contributed by atoms with Crippen LogP contribution in [0.1, 0.15) is 49.9 Å². The average Bonchev–Trinajstić information content (AvgIpc) is 1.57. The first-order chi connectivity index (χ1) is 49.8. The lowest BCUT2D eigenvalue weighted by Crippen LogP contribution is -2.17. The van der Waals surface area contributed by atoms with Crippen LogP contribution in [0.5, 0.6) is 23.0 Å². The number of hydrogen-bond acceptors (Lipinski definition) is 8. The predicted octanol–water partition coefficient (Wildman–Crippen LogP) is 25.3. The Morgan fingerprint density at radius 2 is 0.500 bits per heavy atom. The van der Waals surface area contributed by atoms with Gasteiger partial charge in [-0.15, -0.1) is 0 Å². The van der Waals surface area contributed by atoms with Gasteiger partial charge in [0.1, 0.15) is 23.0 Å². The predicted molar refractivity (Wildman–Crippen MR) is 426 cm³/mol. The Balaban J connectivity index is 0.683. The maximum atomic E-state index is 5.63. The van der Waals surface area contributed by atoms with E-state index in [1.54, 1.807) is 28.4 Å². The number of methoxy groups -OCH3 is 4. The number of nitrogens with zero attached hydrogens (tertiary/aromatic N) is 4. The first kappa shape index (κ1) is 65.4. The Morgan fingerprint density at radius 3 is 0.833 bits per heavy atom. The topological polar surface area (TPSA) is 49.9 Å². The molecule has 0 unspecified atom stereocenters. The van der Waals surface area contributed by atoms with E-state index in [1.165, 1.54) is 33.4 Å². The molecule has 0 saturated heterocycles. The van der Waals surface area contributed by atoms with E-state index in [1.807, 2.05) is 48.5 Å². The fraction of sp³-hybridized carbons (Fsp3) is 0.106. The summed E-state index contributed by atoms with van der Waals surface area (Å²) in [6.45, 7) is 9.22. The molecule has 0 amide bonds. The van der Waals surface area contributed by atoms with Crippen molar-refractivity contribution in [3.63, 3.8) is 0 Å². The highest BCUT2D eigenvalue weighted by atomic mass is 16.5. The van der Waals surface area contributed by atoms with Crippen LogP contribution >= 0.6 is 0 Å². The first-order valence-corrected chi connectivity index (χ1v) is 34.6. The van der Waals surface area contributed by atoms with E-state index in [9.17, 15) is 0 Å². The molecule has 0 radical (unpaired) electrons. The molecule has 0 bridgehead atoms. The molecule has 8 nitrogen and oxygen atoms in total. The number of fused-ring (bicyclic) bond motifs is 4. The van der Waals surface area contributed by atoms with Gasteiger partial charge in [0.15, 0.2) is 0 Å². The highest BCUT2D eigenvalue weighted by Gasteiger charge is 2.36. The van der Waals surface area contributed by atoms with Gasteiger partial charge in [-0.25, -0.2) is 0 Å². The van der Waals surface area contributed by atoms with Crippen molar-refractivity contribution in [1.29, 1.82) is 0 Å². The molecule has 0 spiro atoms. The van der Waals surface area contributed by atoms with Crippen molar-refractivity contribution in [2.45, 2.75) is 38.5 Å². The molecule has 0 fully saturated rings. The van der Waals surface area contributed by atoms with Crippen molar-refractivity contribution in [2.24, 2.45) is 0 Å². The Kier molecular flexibility index (Phi) is 18.0. The second-order valence-electron chi connectivity index (χ2n) is 26.9. The summed E-state index contributed by atoms with van der Waals surface area (Å²) >= 11 is 0. The lowest BCUT2D eigenvalue weighted by Gasteiger charge is -2.29. The molecule has 13 aromatic rings. The smallest absolute Gasteiger partial charge is 0.119 e. The van der Waals surface area contributed by atoms with Crippen LogP contribution in [0.4, 0.5) is 68.2 Å². The minimum atomic E-state index is -0.200. The number of allylic oxidation sites excluding steroid dienone is 5. The molecular formula is C94H80N4O4. The molecule has 13 aromatic carbocycles. The third kappa shape index (κ3) is 13.0. The summed E-state index contributed by atoms with van der Waals surface area (Å²) in [6, 6.07) is 109. The SMILES string of the molecule is COc1ccc(N(c2ccc(-c3ccc(N(c4ccc(OC)cc4)c4ccc(-c5ccc(N(c6ccc(OC)cc6)c6ccc7c(c6)C(C)(C)c6ccccc6-7)cc5)cc4)cc3)cc2)c2ccc(-c3ccc(N(c4ccc(OC)cc4)c4ccc5c(c4)C(C)(C)C=CC=CC=C5)cc3)cc2)cc1. The van der Waals surface area contributed by atoms with E-state index in [0.29, 0.717) is 0 Å². The molecule has 102 heavy (non-hydrogen) atoms. The molecule has 0 saturated carbocycles. The van der Waals surface area contributed by atoms with Crippen LogP contribution < -0.4 is 38.5 Å². The van der Waals surface area contributed by atoms with Crippen molar-refractivity contribution >= 4 is 74.3 Å². The van der Waals surface area contributed by atoms with Crippen molar-refractivity contribution in [2.75, 3.05) is 48.0 Å². The second kappa shape index (κ2) is 28.0. The average molecular weight is 1330 g/mol. The summed E-state index contributed by atoms with van der Waals surface area (Å²) < 4.78 is 22.4. The monoisotopic (exact) mass is 1330 g/mol. The molecule has 2 aliphatic carbocycles. The standard InChI is InChI=1S/C94H80N4O4/c1-93(2)62-14-10-9-11-15-71-30-43-82(63-91(71)93)97(80-48-57-86(101-7)58-49-80)76-39-26-69(27-40-76)67-22-35-74(36-23-67)95(78-44-53-84(99-5)54-45-78)72-31-18-65(19-32-72)66-20-33-73(34-21-66)96(79-46-55-85(100-6)56-47-79)75-37-24-68(25-38-75)70-28-41-77(42-29-70)98(81-50-59-87(102-8)60-51-81)83-52-61-89-88-16-12-13-17-90(88)94(3,4)92(89)64-83/h9-64H,1-8H3. The third-order valence-electron chi connectivity index (χ3n) is 20.0. The van der Waals surface area contributed by atoms with Crippen molar-refractivity contribution in [3.05, 3.63) is 356 Å². The van der Waals surface area contributed by atoms with Gasteiger partial charge < -0.3 is 38.5 Å². The van der Waals surface area contributed by atoms with Gasteiger partial charge in [0.25, 0.3) is 0 Å². The largest absolute Gasteiger partial charge is 0.497 e. The summed E-state index contributed by atoms with van der Waals surface area (Å²) in [6.07, 6.45) is 12.9. The zero-order valence-electron chi connectivity index (χ0n) is 58.8. The molecule has 15 rings (SSSR count). The van der Waals surface area contributed by atoms with Crippen LogP contribution in [0, 0.1) is 0 Å². The molecule has 0 heterocycles. The molecule has 0 aliphatic heterocycles. The summed E-state index contributed by atoms with van der Waals surface area (Å²) in [5.74, 6) is 3.23. The highest BCUT2D eigenvalue weighted by Crippen LogP contribution is 2.51. The van der Waals surface area contributed by atoms with Crippen LogP contribution in [0.2, 0.25) is 0 Å². The number of benzene rings is 13. The van der Waals surface area contributed by atoms with Gasteiger partial charge in [-0.05, 0) is 261 Å². The van der Waals surface area contributed by atoms with E-state index >= 15 is 0 Å². The van der Waals surface area contributed by atoms with Gasteiger partial charge in [-0.3, -0.25) is 0 Å². The van der Waals surface area contributed by atoms with Gasteiger partial charge in [-0.2, -0.15) is 0 Å². The Hall–Kier alpha value is -12.5. The maximum absolute atomic E-state index is 5.63. The van der Waals surface area contributed by atoms with Crippen LogP contribution in [-0.2, 0) is 10.8 Å². The van der Waals surface area contributed by atoms with Crippen LogP contribution in [0.3, 0.4) is 0 Å². The van der Waals surface area contributed by atoms with Gasteiger partial charge in [0, 0.05) is 79.1 Å². The molecule has 500 valence electrons. The second-order valence-corrected chi connectivity index (χ2v) is 26.9. The summed E-state index contributed by atoms with van der Waals surface area (Å²) in [7, 11) is 6.82. The Bertz CT molecular complexity index is 5200. The number of anilines is 12. The minimum absolute atomic E-state index is 0.133. The quantitative estimate of drug-likeness (QED) is 0.0794. The zero-order valence-corrected chi connectivity index (χ0v) is 58.8. The van der Waals surface area contributed by atoms with E-state index in [4.69, 9.17) is 18.9 Å². The van der Waals surface area contributed by atoms with Gasteiger partial charge >= 0.3 is 0 Å². The molecule has 8 heteroatoms. The van der Waals surface area contributed by atoms with Crippen LogP contribution in [0.25, 0.3) is 50.6 Å². The van der Waals surface area contributed by atoms with E-state index in [2.05, 4.69) is 339 Å². The summed E-state index contributed by atoms with van der Waals surface area (Å²) in [5.41, 5.74) is 26.6. The fourth-order valence-corrected chi connectivity index (χ4v) is 14.4. The minimum Gasteiger partial charge on any atom is -0.497 e. The fourth-order valence-electron chi connectivity index (χ4n) is 14.4. The number of rotatable bonds is 19. The van der Waals surface area contributed by atoms with E-state index < -0.39 is 0 Å².